The molecule has 0 spiro atoms. The first-order valence-electron chi connectivity index (χ1n) is 3.37. The van der Waals surface area contributed by atoms with Crippen molar-refractivity contribution in [3.63, 3.8) is 0 Å². The van der Waals surface area contributed by atoms with E-state index in [9.17, 15) is 0 Å². The van der Waals surface area contributed by atoms with Crippen molar-refractivity contribution < 1.29 is 190 Å². The molecule has 0 amide bonds. The predicted octanol–water partition coefficient (Wildman–Crippen LogP) is -12.4. The van der Waals surface area contributed by atoms with Gasteiger partial charge in [-0.05, 0) is 0 Å². The largest absolute Gasteiger partial charge is 3.00 e. The summed E-state index contributed by atoms with van der Waals surface area (Å²) in [6.07, 6.45) is 0. The Bertz CT molecular complexity index is 640. The fourth-order valence-electron chi connectivity index (χ4n) is 0. The Morgan fingerprint density at radius 2 is 0.387 bits per heavy atom. The predicted molar refractivity (Wildman–Crippen MR) is 77.6 cm³/mol. The minimum Gasteiger partial charge on any atom is -0.759 e. The van der Waals surface area contributed by atoms with Crippen molar-refractivity contribution >= 4 is 86.7 Å². The summed E-state index contributed by atoms with van der Waals surface area (Å²) >= 11 is 0. The Kier molecular flexibility index (Phi) is 71.6. The summed E-state index contributed by atoms with van der Waals surface area (Å²) in [7, 11) is -25.3. The molecule has 0 aromatic carbocycles. The second-order valence-electron chi connectivity index (χ2n) is 2.08. The van der Waals surface area contributed by atoms with Crippen LogP contribution in [0.2, 0.25) is 0 Å². The van der Waals surface area contributed by atoms with Crippen LogP contribution < -0.4 is 115 Å². The van der Waals surface area contributed by atoms with Gasteiger partial charge in [-0.1, -0.05) is 0 Å². The van der Waals surface area contributed by atoms with Crippen LogP contribution in [0.4, 0.5) is 0 Å². The molecule has 0 bridgehead atoms. The van der Waals surface area contributed by atoms with E-state index in [1.807, 2.05) is 0 Å². The molecule has 31 heteroatoms. The second kappa shape index (κ2) is 31.6. The van der Waals surface area contributed by atoms with Crippen molar-refractivity contribution in [1.29, 1.82) is 0 Å². The molecule has 0 radical (unpaired) electrons. The van der Waals surface area contributed by atoms with Gasteiger partial charge in [-0.25, -0.2) is 0 Å². The first-order chi connectivity index (χ1) is 10.0. The van der Waals surface area contributed by atoms with Crippen LogP contribution in [0.1, 0.15) is 0 Å². The molecular weight excluding hydrogens is 640 g/mol. The average Bonchev–Trinajstić information content (AvgIpc) is 1.79. The van der Waals surface area contributed by atoms with Gasteiger partial charge in [0.2, 0.25) is 0 Å². The topological polar surface area (TPSA) is 466 Å². The van der Waals surface area contributed by atoms with E-state index in [4.69, 9.17) is 87.6 Å². The Morgan fingerprint density at radius 1 is 0.387 bits per heavy atom. The minimum absolute atomic E-state index is 0. The van der Waals surface area contributed by atoms with Crippen LogP contribution in [-0.2, 0) is 52.0 Å². The molecule has 176 valence electrons. The third kappa shape index (κ3) is 2580. The summed E-state index contributed by atoms with van der Waals surface area (Å²) in [6, 6.07) is 0. The Morgan fingerprint density at radius 3 is 0.387 bits per heavy atom. The third-order valence-electron chi connectivity index (χ3n) is 0. The van der Waals surface area contributed by atoms with E-state index in [1.165, 1.54) is 0 Å². The van der Waals surface area contributed by atoms with Crippen LogP contribution in [0.3, 0.4) is 0 Å². The van der Waals surface area contributed by atoms with Gasteiger partial charge in [-0.2, -0.15) is 8.42 Å². The zero-order valence-electron chi connectivity index (χ0n) is 14.9. The van der Waals surface area contributed by atoms with E-state index < -0.39 is 52.0 Å². The summed E-state index contributed by atoms with van der Waals surface area (Å²) in [5.41, 5.74) is 0. The van der Waals surface area contributed by atoms with E-state index in [1.54, 1.807) is 0 Å². The van der Waals surface area contributed by atoms with Gasteiger partial charge in [0.1, 0.15) is 0 Å². The molecule has 0 aromatic heterocycles. The molecule has 0 aliphatic heterocycles. The molecule has 0 saturated heterocycles. The van der Waals surface area contributed by atoms with Gasteiger partial charge in [-0.15, -0.1) is 0 Å². The normalized spacial score (nSPS) is 9.35. The number of rotatable bonds is 0. The molecule has 31 heavy (non-hydrogen) atoms. The van der Waals surface area contributed by atoms with Crippen molar-refractivity contribution in [2.45, 2.75) is 0 Å². The fourth-order valence-corrected chi connectivity index (χ4v) is 0. The second-order valence-corrected chi connectivity index (χ2v) is 6.24. The molecule has 0 fully saturated rings. The molecule has 0 unspecified atom stereocenters. The van der Waals surface area contributed by atoms with E-state index in [0.29, 0.717) is 0 Å². The molecule has 0 aliphatic rings. The SMILES string of the molecule is N.N.O=S(=O)(O)O.O=S(=O)([O-])[O-].O=S(=O)([O-])[O-].O=S(=O)([O-])[O-].O=S(=O)([O-])[O-].[Al+3].[Al+3].[K+].[K+]. The van der Waals surface area contributed by atoms with Crippen molar-refractivity contribution in [2.75, 3.05) is 0 Å². The van der Waals surface area contributed by atoms with Crippen LogP contribution in [0, 0.1) is 0 Å². The van der Waals surface area contributed by atoms with Gasteiger partial charge < -0.3 is 48.7 Å². The van der Waals surface area contributed by atoms with Crippen molar-refractivity contribution in [2.24, 2.45) is 0 Å². The quantitative estimate of drug-likeness (QED) is 0.107. The first kappa shape index (κ1) is 70.1. The maximum Gasteiger partial charge on any atom is 3.00 e. The van der Waals surface area contributed by atoms with Crippen molar-refractivity contribution in [3.05, 3.63) is 0 Å². The van der Waals surface area contributed by atoms with E-state index in [2.05, 4.69) is 0 Å². The van der Waals surface area contributed by atoms with Crippen molar-refractivity contribution in [3.8, 4) is 0 Å². The van der Waals surface area contributed by atoms with Crippen LogP contribution >= 0.6 is 0 Å². The molecule has 0 atom stereocenters. The molecule has 8 N–H and O–H groups in total. The van der Waals surface area contributed by atoms with Crippen LogP contribution in [0.25, 0.3) is 0 Å². The summed E-state index contributed by atoms with van der Waals surface area (Å²) in [5, 5.41) is 0. The Labute approximate surface area is 283 Å². The molecule has 0 saturated carbocycles. The zero-order valence-corrected chi connectivity index (χ0v) is 27.5. The average molecular weight is 649 g/mol. The Hall–Kier alpha value is 3.61. The van der Waals surface area contributed by atoms with E-state index in [0.717, 1.165) is 0 Å². The van der Waals surface area contributed by atoms with E-state index >= 15 is 0 Å². The van der Waals surface area contributed by atoms with Crippen LogP contribution in [0.15, 0.2) is 0 Å². The smallest absolute Gasteiger partial charge is 0.759 e. The number of hydrogen-bond acceptors (Lipinski definition) is 20. The van der Waals surface area contributed by atoms with Crippen LogP contribution in [-0.4, -0.2) is 122 Å². The van der Waals surface area contributed by atoms with Gasteiger partial charge in [-0.3, -0.25) is 42.8 Å². The molecule has 0 aromatic rings. The minimum atomic E-state index is -5.17. The molecular formula is H8Al2K2N2O20S5. The molecule has 22 nitrogen and oxygen atoms in total. The zero-order chi connectivity index (χ0) is 22.5. The summed E-state index contributed by atoms with van der Waals surface area (Å²) in [5.74, 6) is 0. The Balaban J connectivity index is -0.0000000171. The maximum atomic E-state index is 8.74. The van der Waals surface area contributed by atoms with Gasteiger partial charge >= 0.3 is 148 Å². The maximum absolute atomic E-state index is 8.74. The third-order valence-corrected chi connectivity index (χ3v) is 0. The van der Waals surface area contributed by atoms with Gasteiger partial charge in [0.15, 0.2) is 0 Å². The summed E-state index contributed by atoms with van der Waals surface area (Å²) in [4.78, 5) is 0. The molecule has 0 rings (SSSR count). The van der Waals surface area contributed by atoms with Gasteiger partial charge in [0.05, 0.1) is 0 Å². The standard InChI is InChI=1S/2Al.2K.2H3N.5H2O4S/c;;;;;;5*1-5(2,3)4/h;;;;2*1H3;5*(H2,1,2,3,4)/q2*+3;2*+1;;;;;;;/p-8. The summed E-state index contributed by atoms with van der Waals surface area (Å²) < 4.78 is 168. The van der Waals surface area contributed by atoms with Crippen LogP contribution in [0.5, 0.6) is 0 Å². The summed E-state index contributed by atoms with van der Waals surface area (Å²) in [6.45, 7) is 0. The van der Waals surface area contributed by atoms with E-state index in [-0.39, 0.29) is 150 Å². The van der Waals surface area contributed by atoms with Crippen molar-refractivity contribution in [1.82, 2.24) is 12.3 Å². The molecule has 0 aliphatic carbocycles. The number of hydrogen-bond donors (Lipinski definition) is 4. The fraction of sp³-hybridized carbons (Fsp3) is 0. The van der Waals surface area contributed by atoms with Gasteiger partial charge in [0, 0.05) is 41.6 Å². The first-order valence-corrected chi connectivity index (χ1v) is 10.1. The van der Waals surface area contributed by atoms with Gasteiger partial charge in [0.25, 0.3) is 0 Å². The molecule has 0 heterocycles. The monoisotopic (exact) mass is 648 g/mol.